The molecule has 100 valence electrons. The second-order valence-corrected chi connectivity index (χ2v) is 5.59. The second-order valence-electron chi connectivity index (χ2n) is 5.59. The van der Waals surface area contributed by atoms with Gasteiger partial charge in [-0.15, -0.1) is 0 Å². The summed E-state index contributed by atoms with van der Waals surface area (Å²) in [5.74, 6) is 2.14. The maximum Gasteiger partial charge on any atom is 0.129 e. The minimum Gasteiger partial charge on any atom is -0.378 e. The van der Waals surface area contributed by atoms with Gasteiger partial charge >= 0.3 is 0 Å². The van der Waals surface area contributed by atoms with Crippen LogP contribution >= 0.6 is 0 Å². The van der Waals surface area contributed by atoms with Gasteiger partial charge in [-0.25, -0.2) is 4.98 Å². The van der Waals surface area contributed by atoms with Crippen molar-refractivity contribution in [1.29, 1.82) is 0 Å². The molecule has 1 aromatic rings. The highest BCUT2D eigenvalue weighted by molar-refractivity contribution is 5.44. The number of hydrogen-bond donors (Lipinski definition) is 0. The van der Waals surface area contributed by atoms with Crippen LogP contribution in [0.15, 0.2) is 12.1 Å². The molecule has 1 saturated heterocycles. The number of anilines is 1. The zero-order chi connectivity index (χ0) is 13.1. The van der Waals surface area contributed by atoms with Crippen molar-refractivity contribution in [2.24, 2.45) is 0 Å². The van der Waals surface area contributed by atoms with Crippen LogP contribution in [0.25, 0.3) is 0 Å². The Labute approximate surface area is 110 Å². The van der Waals surface area contributed by atoms with Crippen LogP contribution in [-0.4, -0.2) is 31.3 Å². The van der Waals surface area contributed by atoms with Crippen molar-refractivity contribution in [1.82, 2.24) is 4.98 Å². The summed E-state index contributed by atoms with van der Waals surface area (Å²) < 4.78 is 5.41. The third-order valence-corrected chi connectivity index (χ3v) is 3.45. The molecule has 0 aromatic carbocycles. The van der Waals surface area contributed by atoms with Gasteiger partial charge in [-0.3, -0.25) is 0 Å². The molecule has 1 fully saturated rings. The van der Waals surface area contributed by atoms with Gasteiger partial charge < -0.3 is 9.64 Å². The average Bonchev–Trinajstić information content (AvgIpc) is 2.39. The fourth-order valence-electron chi connectivity index (χ4n) is 2.14. The van der Waals surface area contributed by atoms with Gasteiger partial charge in [-0.1, -0.05) is 27.7 Å². The van der Waals surface area contributed by atoms with E-state index in [2.05, 4.69) is 44.7 Å². The monoisotopic (exact) mass is 248 g/mol. The van der Waals surface area contributed by atoms with Crippen molar-refractivity contribution < 1.29 is 4.74 Å². The highest BCUT2D eigenvalue weighted by atomic mass is 16.5. The zero-order valence-electron chi connectivity index (χ0n) is 11.9. The van der Waals surface area contributed by atoms with Crippen molar-refractivity contribution >= 4 is 5.82 Å². The predicted octanol–water partition coefficient (Wildman–Crippen LogP) is 3.17. The number of morpholine rings is 1. The van der Waals surface area contributed by atoms with Crippen molar-refractivity contribution in [3.8, 4) is 0 Å². The summed E-state index contributed by atoms with van der Waals surface area (Å²) in [5, 5.41) is 0. The van der Waals surface area contributed by atoms with Crippen molar-refractivity contribution in [2.75, 3.05) is 31.2 Å². The number of pyridine rings is 1. The van der Waals surface area contributed by atoms with E-state index in [9.17, 15) is 0 Å². The number of rotatable bonds is 3. The lowest BCUT2D eigenvalue weighted by molar-refractivity contribution is 0.122. The molecule has 0 N–H and O–H groups in total. The van der Waals surface area contributed by atoms with Crippen molar-refractivity contribution in [3.63, 3.8) is 0 Å². The van der Waals surface area contributed by atoms with E-state index in [0.717, 1.165) is 32.1 Å². The largest absolute Gasteiger partial charge is 0.378 e. The van der Waals surface area contributed by atoms with Crippen molar-refractivity contribution in [3.05, 3.63) is 23.4 Å². The predicted molar refractivity (Wildman–Crippen MR) is 75.4 cm³/mol. The van der Waals surface area contributed by atoms with Gasteiger partial charge in [-0.2, -0.15) is 0 Å². The maximum atomic E-state index is 5.41. The van der Waals surface area contributed by atoms with E-state index in [0.29, 0.717) is 11.8 Å². The molecule has 18 heavy (non-hydrogen) atoms. The van der Waals surface area contributed by atoms with Gasteiger partial charge in [0.1, 0.15) is 5.82 Å². The Hall–Kier alpha value is -1.09. The average molecular weight is 248 g/mol. The Bertz CT molecular complexity index is 369. The molecular weight excluding hydrogens is 224 g/mol. The normalized spacial score (nSPS) is 16.7. The molecule has 1 aliphatic heterocycles. The van der Waals surface area contributed by atoms with E-state index in [-0.39, 0.29) is 0 Å². The first-order valence-corrected chi connectivity index (χ1v) is 6.92. The summed E-state index contributed by atoms with van der Waals surface area (Å²) in [5.41, 5.74) is 2.58. The first kappa shape index (κ1) is 13.3. The molecule has 3 nitrogen and oxygen atoms in total. The lowest BCUT2D eigenvalue weighted by atomic mass is 10.00. The van der Waals surface area contributed by atoms with E-state index in [1.807, 2.05) is 0 Å². The Morgan fingerprint density at radius 3 is 2.28 bits per heavy atom. The van der Waals surface area contributed by atoms with Gasteiger partial charge in [-0.05, 0) is 29.5 Å². The van der Waals surface area contributed by atoms with E-state index in [4.69, 9.17) is 9.72 Å². The number of aromatic nitrogens is 1. The van der Waals surface area contributed by atoms with Gasteiger partial charge in [0.2, 0.25) is 0 Å². The highest BCUT2D eigenvalue weighted by Gasteiger charge is 2.15. The lowest BCUT2D eigenvalue weighted by Crippen LogP contribution is -2.37. The van der Waals surface area contributed by atoms with E-state index in [1.165, 1.54) is 11.3 Å². The van der Waals surface area contributed by atoms with Crippen LogP contribution in [0.3, 0.4) is 0 Å². The minimum atomic E-state index is 0.475. The quantitative estimate of drug-likeness (QED) is 0.821. The molecule has 0 saturated carbocycles. The van der Waals surface area contributed by atoms with Crippen LogP contribution in [0.5, 0.6) is 0 Å². The Morgan fingerprint density at radius 2 is 1.72 bits per heavy atom. The van der Waals surface area contributed by atoms with Gasteiger partial charge in [0, 0.05) is 18.8 Å². The maximum absolute atomic E-state index is 5.41. The van der Waals surface area contributed by atoms with Crippen LogP contribution in [0.4, 0.5) is 5.82 Å². The molecule has 1 aromatic heterocycles. The summed E-state index contributed by atoms with van der Waals surface area (Å²) in [6, 6.07) is 4.49. The molecule has 0 amide bonds. The standard InChI is InChI=1S/C15H24N2O/c1-11(2)13-9-14(12(3)4)16-15(10-13)17-5-7-18-8-6-17/h9-12H,5-8H2,1-4H3. The smallest absolute Gasteiger partial charge is 0.129 e. The summed E-state index contributed by atoms with van der Waals surface area (Å²) in [4.78, 5) is 7.14. The third kappa shape index (κ3) is 3.02. The van der Waals surface area contributed by atoms with E-state index in [1.54, 1.807) is 0 Å². The molecule has 0 unspecified atom stereocenters. The molecule has 1 aliphatic rings. The molecule has 0 aliphatic carbocycles. The fraction of sp³-hybridized carbons (Fsp3) is 0.667. The van der Waals surface area contributed by atoms with Crippen LogP contribution in [0, 0.1) is 0 Å². The summed E-state index contributed by atoms with van der Waals surface area (Å²) in [6.07, 6.45) is 0. The molecule has 0 atom stereocenters. The molecule has 2 heterocycles. The SMILES string of the molecule is CC(C)c1cc(C(C)C)nc(N2CCOCC2)c1. The number of hydrogen-bond acceptors (Lipinski definition) is 3. The Balaban J connectivity index is 2.32. The molecular formula is C15H24N2O. The van der Waals surface area contributed by atoms with Crippen LogP contribution in [0.1, 0.15) is 50.8 Å². The van der Waals surface area contributed by atoms with Crippen LogP contribution in [-0.2, 0) is 4.74 Å². The van der Waals surface area contributed by atoms with Crippen molar-refractivity contribution in [2.45, 2.75) is 39.5 Å². The first-order valence-electron chi connectivity index (χ1n) is 6.92. The molecule has 3 heteroatoms. The van der Waals surface area contributed by atoms with Gasteiger partial charge in [0.15, 0.2) is 0 Å². The molecule has 2 rings (SSSR count). The van der Waals surface area contributed by atoms with Gasteiger partial charge in [0.05, 0.1) is 13.2 Å². The van der Waals surface area contributed by atoms with E-state index >= 15 is 0 Å². The molecule has 0 spiro atoms. The van der Waals surface area contributed by atoms with E-state index < -0.39 is 0 Å². The zero-order valence-corrected chi connectivity index (χ0v) is 11.9. The summed E-state index contributed by atoms with van der Waals surface area (Å²) >= 11 is 0. The molecule has 0 radical (unpaired) electrons. The molecule has 0 bridgehead atoms. The topological polar surface area (TPSA) is 25.4 Å². The third-order valence-electron chi connectivity index (χ3n) is 3.45. The highest BCUT2D eigenvalue weighted by Crippen LogP contribution is 2.25. The second kappa shape index (κ2) is 5.70. The van der Waals surface area contributed by atoms with Crippen LogP contribution < -0.4 is 4.90 Å². The number of ether oxygens (including phenoxy) is 1. The summed E-state index contributed by atoms with van der Waals surface area (Å²) in [7, 11) is 0. The Kier molecular flexibility index (Phi) is 4.23. The summed E-state index contributed by atoms with van der Waals surface area (Å²) in [6.45, 7) is 12.4. The lowest BCUT2D eigenvalue weighted by Gasteiger charge is -2.29. The number of nitrogens with zero attached hydrogens (tertiary/aromatic N) is 2. The Morgan fingerprint density at radius 1 is 1.06 bits per heavy atom. The van der Waals surface area contributed by atoms with Gasteiger partial charge in [0.25, 0.3) is 0 Å². The first-order chi connectivity index (χ1) is 8.58. The fourth-order valence-corrected chi connectivity index (χ4v) is 2.14. The van der Waals surface area contributed by atoms with Crippen LogP contribution in [0.2, 0.25) is 0 Å². The minimum absolute atomic E-state index is 0.475.